The van der Waals surface area contributed by atoms with Crippen LogP contribution in [-0.2, 0) is 13.0 Å². The molecule has 0 fully saturated rings. The van der Waals surface area contributed by atoms with Gasteiger partial charge >= 0.3 is 0 Å². The van der Waals surface area contributed by atoms with Crippen LogP contribution < -0.4 is 5.73 Å². The van der Waals surface area contributed by atoms with Crippen LogP contribution in [0.15, 0.2) is 26.5 Å². The lowest BCUT2D eigenvalue weighted by Gasteiger charge is -1.88. The van der Waals surface area contributed by atoms with Gasteiger partial charge in [-0.1, -0.05) is 5.16 Å². The standard InChI is InChI=1S/C12H12N4O2S/c1-7-14-8(6-19-7)4-11-15-12(18-16-11)10-3-2-9(5-13)17-10/h2-3,6H,4-5,13H2,1H3. The summed E-state index contributed by atoms with van der Waals surface area (Å²) < 4.78 is 10.6. The van der Waals surface area contributed by atoms with Crippen LogP contribution in [-0.4, -0.2) is 15.1 Å². The number of aromatic nitrogens is 3. The molecule has 3 aromatic rings. The van der Waals surface area contributed by atoms with Crippen LogP contribution in [0.5, 0.6) is 0 Å². The molecule has 0 aliphatic rings. The van der Waals surface area contributed by atoms with Gasteiger partial charge in [0.05, 0.1) is 23.7 Å². The van der Waals surface area contributed by atoms with Crippen molar-refractivity contribution < 1.29 is 8.94 Å². The van der Waals surface area contributed by atoms with Crippen molar-refractivity contribution >= 4 is 11.3 Å². The molecule has 3 aromatic heterocycles. The van der Waals surface area contributed by atoms with Gasteiger partial charge in [0.15, 0.2) is 11.6 Å². The topological polar surface area (TPSA) is 91.0 Å². The quantitative estimate of drug-likeness (QED) is 0.785. The number of furan rings is 1. The van der Waals surface area contributed by atoms with E-state index in [2.05, 4.69) is 15.1 Å². The number of rotatable bonds is 4. The molecule has 0 spiro atoms. The second-order valence-corrected chi connectivity index (χ2v) is 5.08. The molecule has 0 saturated heterocycles. The van der Waals surface area contributed by atoms with E-state index in [9.17, 15) is 0 Å². The molecule has 98 valence electrons. The normalized spacial score (nSPS) is 11.1. The molecule has 19 heavy (non-hydrogen) atoms. The smallest absolute Gasteiger partial charge is 0.293 e. The van der Waals surface area contributed by atoms with Crippen LogP contribution in [0.4, 0.5) is 0 Å². The number of nitrogens with two attached hydrogens (primary N) is 1. The van der Waals surface area contributed by atoms with Gasteiger partial charge in [0, 0.05) is 5.38 Å². The molecule has 3 heterocycles. The highest BCUT2D eigenvalue weighted by molar-refractivity contribution is 7.09. The van der Waals surface area contributed by atoms with E-state index >= 15 is 0 Å². The lowest BCUT2D eigenvalue weighted by molar-refractivity contribution is 0.406. The molecule has 0 aliphatic carbocycles. The molecule has 0 radical (unpaired) electrons. The van der Waals surface area contributed by atoms with Crippen LogP contribution in [0.3, 0.4) is 0 Å². The molecule has 0 saturated carbocycles. The zero-order valence-corrected chi connectivity index (χ0v) is 11.1. The van der Waals surface area contributed by atoms with E-state index in [4.69, 9.17) is 14.7 Å². The average molecular weight is 276 g/mol. The van der Waals surface area contributed by atoms with Gasteiger partial charge in [0.1, 0.15) is 5.76 Å². The second-order valence-electron chi connectivity index (χ2n) is 4.02. The van der Waals surface area contributed by atoms with Gasteiger partial charge in [0.2, 0.25) is 0 Å². The lowest BCUT2D eigenvalue weighted by Crippen LogP contribution is -1.92. The summed E-state index contributed by atoms with van der Waals surface area (Å²) in [6.07, 6.45) is 0.554. The maximum absolute atomic E-state index is 5.48. The minimum absolute atomic E-state index is 0.346. The van der Waals surface area contributed by atoms with Gasteiger partial charge < -0.3 is 14.7 Å². The van der Waals surface area contributed by atoms with Crippen molar-refractivity contribution in [2.24, 2.45) is 5.73 Å². The third-order valence-corrected chi connectivity index (χ3v) is 3.37. The predicted octanol–water partition coefficient (Wildman–Crippen LogP) is 2.14. The van der Waals surface area contributed by atoms with E-state index in [1.54, 1.807) is 23.5 Å². The van der Waals surface area contributed by atoms with Crippen LogP contribution in [0.2, 0.25) is 0 Å². The van der Waals surface area contributed by atoms with Gasteiger partial charge in [-0.3, -0.25) is 0 Å². The summed E-state index contributed by atoms with van der Waals surface area (Å²) in [7, 11) is 0. The number of thiazole rings is 1. The minimum Gasteiger partial charge on any atom is -0.455 e. The highest BCUT2D eigenvalue weighted by Gasteiger charge is 2.13. The largest absolute Gasteiger partial charge is 0.455 e. The Hall–Kier alpha value is -1.99. The molecular weight excluding hydrogens is 264 g/mol. The van der Waals surface area contributed by atoms with E-state index in [0.717, 1.165) is 10.7 Å². The summed E-state index contributed by atoms with van der Waals surface area (Å²) in [6.45, 7) is 2.31. The molecule has 0 bridgehead atoms. The number of hydrogen-bond donors (Lipinski definition) is 1. The molecule has 2 N–H and O–H groups in total. The highest BCUT2D eigenvalue weighted by Crippen LogP contribution is 2.21. The van der Waals surface area contributed by atoms with Crippen molar-refractivity contribution in [1.29, 1.82) is 0 Å². The first kappa shape index (κ1) is 12.1. The van der Waals surface area contributed by atoms with Crippen LogP contribution in [0, 0.1) is 6.92 Å². The Morgan fingerprint density at radius 3 is 2.89 bits per heavy atom. The summed E-state index contributed by atoms with van der Waals surface area (Å²) in [4.78, 5) is 8.65. The molecule has 6 nitrogen and oxygen atoms in total. The van der Waals surface area contributed by atoms with E-state index < -0.39 is 0 Å². The number of aryl methyl sites for hydroxylation is 1. The SMILES string of the molecule is Cc1nc(Cc2noc(-c3ccc(CN)o3)n2)cs1. The van der Waals surface area contributed by atoms with Crippen LogP contribution in [0.1, 0.15) is 22.3 Å². The Labute approximate surface area is 113 Å². The summed E-state index contributed by atoms with van der Waals surface area (Å²) in [5.41, 5.74) is 6.43. The summed E-state index contributed by atoms with van der Waals surface area (Å²) in [5.74, 6) is 2.17. The Kier molecular flexibility index (Phi) is 3.14. The van der Waals surface area contributed by atoms with Gasteiger partial charge in [-0.2, -0.15) is 4.98 Å². The van der Waals surface area contributed by atoms with Crippen molar-refractivity contribution in [2.45, 2.75) is 19.9 Å². The summed E-state index contributed by atoms with van der Waals surface area (Å²) >= 11 is 1.60. The minimum atomic E-state index is 0.346. The van der Waals surface area contributed by atoms with E-state index in [-0.39, 0.29) is 0 Å². The zero-order chi connectivity index (χ0) is 13.2. The Morgan fingerprint density at radius 2 is 2.21 bits per heavy atom. The van der Waals surface area contributed by atoms with Crippen molar-refractivity contribution in [3.8, 4) is 11.7 Å². The summed E-state index contributed by atoms with van der Waals surface area (Å²) in [6, 6.07) is 3.56. The van der Waals surface area contributed by atoms with Crippen molar-refractivity contribution in [3.63, 3.8) is 0 Å². The molecule has 7 heteroatoms. The third kappa shape index (κ3) is 2.56. The first-order chi connectivity index (χ1) is 9.24. The van der Waals surface area contributed by atoms with Gasteiger partial charge in [-0.25, -0.2) is 4.98 Å². The van der Waals surface area contributed by atoms with Gasteiger partial charge in [-0.15, -0.1) is 11.3 Å². The second kappa shape index (κ2) is 4.94. The highest BCUT2D eigenvalue weighted by atomic mass is 32.1. The average Bonchev–Trinajstić information content (AvgIpc) is 3.10. The first-order valence-electron chi connectivity index (χ1n) is 5.77. The molecule has 3 rings (SSSR count). The summed E-state index contributed by atoms with van der Waals surface area (Å²) in [5, 5.41) is 6.94. The molecule has 0 aromatic carbocycles. The van der Waals surface area contributed by atoms with Gasteiger partial charge in [-0.05, 0) is 19.1 Å². The monoisotopic (exact) mass is 276 g/mol. The fourth-order valence-electron chi connectivity index (χ4n) is 1.68. The van der Waals surface area contributed by atoms with E-state index in [0.29, 0.717) is 36.2 Å². The molecule has 0 aliphatic heterocycles. The fourth-order valence-corrected chi connectivity index (χ4v) is 2.29. The maximum Gasteiger partial charge on any atom is 0.293 e. The van der Waals surface area contributed by atoms with Crippen molar-refractivity contribution in [1.82, 2.24) is 15.1 Å². The molecule has 0 atom stereocenters. The third-order valence-electron chi connectivity index (χ3n) is 2.55. The fraction of sp³-hybridized carbons (Fsp3) is 0.250. The van der Waals surface area contributed by atoms with E-state index in [1.807, 2.05) is 12.3 Å². The van der Waals surface area contributed by atoms with Crippen molar-refractivity contribution in [3.05, 3.63) is 39.8 Å². The lowest BCUT2D eigenvalue weighted by atomic mass is 10.3. The molecular formula is C12H12N4O2S. The number of hydrogen-bond acceptors (Lipinski definition) is 7. The Bertz CT molecular complexity index is 685. The van der Waals surface area contributed by atoms with Gasteiger partial charge in [0.25, 0.3) is 5.89 Å². The maximum atomic E-state index is 5.48. The zero-order valence-electron chi connectivity index (χ0n) is 10.3. The predicted molar refractivity (Wildman–Crippen MR) is 69.5 cm³/mol. The van der Waals surface area contributed by atoms with E-state index in [1.165, 1.54) is 0 Å². The number of nitrogens with zero attached hydrogens (tertiary/aromatic N) is 3. The van der Waals surface area contributed by atoms with Crippen LogP contribution >= 0.6 is 11.3 Å². The van der Waals surface area contributed by atoms with Crippen molar-refractivity contribution in [2.75, 3.05) is 0 Å². The molecule has 0 unspecified atom stereocenters. The molecule has 0 amide bonds. The Morgan fingerprint density at radius 1 is 1.32 bits per heavy atom. The first-order valence-corrected chi connectivity index (χ1v) is 6.65. The Balaban J connectivity index is 1.79. The van der Waals surface area contributed by atoms with Crippen LogP contribution in [0.25, 0.3) is 11.7 Å².